The smallest absolute Gasteiger partial charge is 0.0625 e. The van der Waals surface area contributed by atoms with Crippen molar-refractivity contribution in [2.24, 2.45) is 5.41 Å². The van der Waals surface area contributed by atoms with Crippen LogP contribution in [0, 0.1) is 5.41 Å². The number of hydrogen-bond donors (Lipinski definition) is 0. The first-order chi connectivity index (χ1) is 8.58. The third kappa shape index (κ3) is 8.13. The average molecular weight is 256 g/mol. The summed E-state index contributed by atoms with van der Waals surface area (Å²) in [6, 6.07) is 0. The molecule has 0 aromatic carbocycles. The maximum Gasteiger partial charge on any atom is 0.0625 e. The summed E-state index contributed by atoms with van der Waals surface area (Å²) in [4.78, 5) is 0. The Labute approximate surface area is 116 Å². The van der Waals surface area contributed by atoms with Crippen LogP contribution in [0.25, 0.3) is 0 Å². The average Bonchev–Trinajstić information content (AvgIpc) is 2.32. The lowest BCUT2D eigenvalue weighted by molar-refractivity contribution is -0.0301. The summed E-state index contributed by atoms with van der Waals surface area (Å²) in [5.41, 5.74) is 0.341. The Bertz CT molecular complexity index is 174. The van der Waals surface area contributed by atoms with Crippen LogP contribution in [0.2, 0.25) is 0 Å². The van der Waals surface area contributed by atoms with E-state index >= 15 is 0 Å². The molecule has 0 aliphatic heterocycles. The molecule has 0 bridgehead atoms. The van der Waals surface area contributed by atoms with E-state index in [0.29, 0.717) is 11.5 Å². The molecule has 0 saturated carbocycles. The van der Waals surface area contributed by atoms with Gasteiger partial charge in [-0.25, -0.2) is 0 Å². The SMILES string of the molecule is CCCCCCCCC(OCC)C(C)(C)CCC. The highest BCUT2D eigenvalue weighted by Gasteiger charge is 2.28. The van der Waals surface area contributed by atoms with Crippen molar-refractivity contribution in [1.82, 2.24) is 0 Å². The van der Waals surface area contributed by atoms with Crippen LogP contribution < -0.4 is 0 Å². The third-order valence-corrected chi connectivity index (χ3v) is 3.95. The zero-order chi connectivity index (χ0) is 13.9. The van der Waals surface area contributed by atoms with Crippen molar-refractivity contribution in [3.05, 3.63) is 0 Å². The van der Waals surface area contributed by atoms with Gasteiger partial charge in [-0.05, 0) is 25.2 Å². The monoisotopic (exact) mass is 256 g/mol. The van der Waals surface area contributed by atoms with Crippen LogP contribution in [0.5, 0.6) is 0 Å². The normalized spacial score (nSPS) is 13.8. The molecule has 0 N–H and O–H groups in total. The van der Waals surface area contributed by atoms with Crippen LogP contribution in [-0.2, 0) is 4.74 Å². The Morgan fingerprint density at radius 3 is 2.00 bits per heavy atom. The predicted molar refractivity (Wildman–Crippen MR) is 82.1 cm³/mol. The zero-order valence-corrected chi connectivity index (χ0v) is 13.6. The van der Waals surface area contributed by atoms with Crippen LogP contribution in [0.3, 0.4) is 0 Å². The van der Waals surface area contributed by atoms with Gasteiger partial charge in [0.1, 0.15) is 0 Å². The minimum Gasteiger partial charge on any atom is -0.378 e. The molecule has 0 fully saturated rings. The van der Waals surface area contributed by atoms with Crippen LogP contribution in [0.1, 0.15) is 92.4 Å². The molecule has 0 heterocycles. The van der Waals surface area contributed by atoms with Gasteiger partial charge in [0.05, 0.1) is 6.10 Å². The van der Waals surface area contributed by atoms with Gasteiger partial charge in [-0.2, -0.15) is 0 Å². The topological polar surface area (TPSA) is 9.23 Å². The van der Waals surface area contributed by atoms with Crippen LogP contribution in [-0.4, -0.2) is 12.7 Å². The molecule has 0 saturated heterocycles. The van der Waals surface area contributed by atoms with E-state index in [9.17, 15) is 0 Å². The van der Waals surface area contributed by atoms with Gasteiger partial charge in [-0.15, -0.1) is 0 Å². The van der Waals surface area contributed by atoms with Crippen molar-refractivity contribution in [2.45, 2.75) is 98.5 Å². The van der Waals surface area contributed by atoms with E-state index in [4.69, 9.17) is 4.74 Å². The Kier molecular flexibility index (Phi) is 10.8. The van der Waals surface area contributed by atoms with Gasteiger partial charge in [0.2, 0.25) is 0 Å². The van der Waals surface area contributed by atoms with Crippen LogP contribution in [0.15, 0.2) is 0 Å². The van der Waals surface area contributed by atoms with Crippen molar-refractivity contribution in [3.8, 4) is 0 Å². The molecule has 0 amide bonds. The molecule has 0 aromatic rings. The van der Waals surface area contributed by atoms with Crippen molar-refractivity contribution >= 4 is 0 Å². The highest BCUT2D eigenvalue weighted by molar-refractivity contribution is 4.79. The summed E-state index contributed by atoms with van der Waals surface area (Å²) >= 11 is 0. The second-order valence-corrected chi connectivity index (χ2v) is 6.24. The van der Waals surface area contributed by atoms with Crippen molar-refractivity contribution in [2.75, 3.05) is 6.61 Å². The van der Waals surface area contributed by atoms with Gasteiger partial charge < -0.3 is 4.74 Å². The third-order valence-electron chi connectivity index (χ3n) is 3.95. The number of rotatable bonds is 12. The Hall–Kier alpha value is -0.0400. The molecule has 0 spiro atoms. The molecule has 0 aromatic heterocycles. The molecular formula is C17H36O. The van der Waals surface area contributed by atoms with Crippen molar-refractivity contribution in [1.29, 1.82) is 0 Å². The molecule has 1 unspecified atom stereocenters. The van der Waals surface area contributed by atoms with Gasteiger partial charge in [-0.3, -0.25) is 0 Å². The lowest BCUT2D eigenvalue weighted by Crippen LogP contribution is -2.32. The van der Waals surface area contributed by atoms with E-state index in [2.05, 4.69) is 34.6 Å². The van der Waals surface area contributed by atoms with Crippen molar-refractivity contribution < 1.29 is 4.74 Å². The van der Waals surface area contributed by atoms with Gasteiger partial charge in [0.25, 0.3) is 0 Å². The fraction of sp³-hybridized carbons (Fsp3) is 1.00. The first-order valence-electron chi connectivity index (χ1n) is 8.20. The molecule has 0 aliphatic rings. The molecule has 0 aliphatic carbocycles. The largest absolute Gasteiger partial charge is 0.378 e. The second kappa shape index (κ2) is 10.8. The quantitative estimate of drug-likeness (QED) is 0.391. The maximum absolute atomic E-state index is 5.99. The van der Waals surface area contributed by atoms with E-state index < -0.39 is 0 Å². The van der Waals surface area contributed by atoms with E-state index in [1.807, 2.05) is 0 Å². The predicted octanol–water partition coefficient (Wildman–Crippen LogP) is 5.97. The highest BCUT2D eigenvalue weighted by atomic mass is 16.5. The molecule has 110 valence electrons. The molecule has 1 nitrogen and oxygen atoms in total. The molecule has 0 rings (SSSR count). The first-order valence-corrected chi connectivity index (χ1v) is 8.20. The van der Waals surface area contributed by atoms with Gasteiger partial charge >= 0.3 is 0 Å². The highest BCUT2D eigenvalue weighted by Crippen LogP contribution is 2.32. The molecule has 0 radical (unpaired) electrons. The Morgan fingerprint density at radius 2 is 1.44 bits per heavy atom. The van der Waals surface area contributed by atoms with Crippen LogP contribution >= 0.6 is 0 Å². The van der Waals surface area contributed by atoms with Gasteiger partial charge in [0, 0.05) is 6.61 Å². The fourth-order valence-electron chi connectivity index (χ4n) is 2.82. The van der Waals surface area contributed by atoms with Crippen LogP contribution in [0.4, 0.5) is 0 Å². The summed E-state index contributed by atoms with van der Waals surface area (Å²) in [6.45, 7) is 12.3. The Morgan fingerprint density at radius 1 is 0.833 bits per heavy atom. The summed E-state index contributed by atoms with van der Waals surface area (Å²) < 4.78 is 5.99. The van der Waals surface area contributed by atoms with Crippen molar-refractivity contribution in [3.63, 3.8) is 0 Å². The summed E-state index contributed by atoms with van der Waals surface area (Å²) in [7, 11) is 0. The zero-order valence-electron chi connectivity index (χ0n) is 13.6. The number of hydrogen-bond acceptors (Lipinski definition) is 1. The second-order valence-electron chi connectivity index (χ2n) is 6.24. The van der Waals surface area contributed by atoms with Gasteiger partial charge in [0.15, 0.2) is 0 Å². The van der Waals surface area contributed by atoms with E-state index in [1.54, 1.807) is 0 Å². The summed E-state index contributed by atoms with van der Waals surface area (Å²) in [6.07, 6.45) is 12.5. The van der Waals surface area contributed by atoms with Gasteiger partial charge in [-0.1, -0.05) is 72.6 Å². The molecular weight excluding hydrogens is 220 g/mol. The lowest BCUT2D eigenvalue weighted by Gasteiger charge is -2.34. The summed E-state index contributed by atoms with van der Waals surface area (Å²) in [5, 5.41) is 0. The molecule has 18 heavy (non-hydrogen) atoms. The first kappa shape index (κ1) is 18.0. The minimum absolute atomic E-state index is 0.341. The molecule has 1 atom stereocenters. The lowest BCUT2D eigenvalue weighted by atomic mass is 9.80. The van der Waals surface area contributed by atoms with E-state index in [1.165, 1.54) is 57.8 Å². The fourth-order valence-corrected chi connectivity index (χ4v) is 2.82. The van der Waals surface area contributed by atoms with E-state index in [-0.39, 0.29) is 0 Å². The van der Waals surface area contributed by atoms with E-state index in [0.717, 1.165) is 6.61 Å². The Balaban J connectivity index is 3.89. The number of unbranched alkanes of at least 4 members (excludes halogenated alkanes) is 5. The standard InChI is InChI=1S/C17H36O/c1-6-9-10-11-12-13-14-16(18-8-3)17(4,5)15-7-2/h16H,6-15H2,1-5H3. The minimum atomic E-state index is 0.341. The molecule has 1 heteroatoms. The summed E-state index contributed by atoms with van der Waals surface area (Å²) in [5.74, 6) is 0. The number of ether oxygens (including phenoxy) is 1. The maximum atomic E-state index is 5.99.